The van der Waals surface area contributed by atoms with Crippen LogP contribution in [0.3, 0.4) is 0 Å². The minimum absolute atomic E-state index is 0. The second-order valence-corrected chi connectivity index (χ2v) is 35.0. The maximum absolute atomic E-state index is 14.4. The summed E-state index contributed by atoms with van der Waals surface area (Å²) >= 11 is 0. The van der Waals surface area contributed by atoms with Gasteiger partial charge in [-0.3, -0.25) is 20.1 Å². The smallest absolute Gasteiger partial charge is 0.870 e. The number of benzene rings is 7. The number of aromatic carboxylic acids is 1. The summed E-state index contributed by atoms with van der Waals surface area (Å²) in [5.41, 5.74) is 4.16. The summed E-state index contributed by atoms with van der Waals surface area (Å²) < 4.78 is 261. The summed E-state index contributed by atoms with van der Waals surface area (Å²) in [5, 5.41) is 42.3. The van der Waals surface area contributed by atoms with Gasteiger partial charge in [0.1, 0.15) is 97.9 Å². The van der Waals surface area contributed by atoms with Crippen molar-refractivity contribution in [2.45, 2.75) is 188 Å². The SMILES string of the molecule is CC1CCCO1.COc1ccc(-c2nc(C(=O)NCc3ccc(F)cc3F)c([C@@H](N)CO)o2)c2ccc(C(F)(F)F)nc12.COc1ccc(-c2nc(C(=O)NCc3ccc(F)cc3F)c([C@H](COC(C)(C)C)NC(=O)OC(C)(C)C)o2)c2ccc(C(F)(F)F)cc12.COc1ccc(-c2nc(C(=O)O)c([C@H](COC(C)(C)C)NC(=O)OC(C)(C)C)o2)c2ccc(C(F)(F)F)nc12.NCc1ccc(F)cc1F.OO.[Li+].[OH-]. The third-order valence-corrected chi connectivity index (χ3v) is 19.7. The van der Waals surface area contributed by atoms with Crippen molar-refractivity contribution >= 4 is 62.5 Å². The molecule has 144 heavy (non-hydrogen) atoms. The quantitative estimate of drug-likeness (QED) is 0.0116. The number of carboxylic acids is 1. The van der Waals surface area contributed by atoms with Crippen LogP contribution in [0.4, 0.5) is 75.4 Å². The molecule has 4 amide bonds. The van der Waals surface area contributed by atoms with Crippen LogP contribution in [0.2, 0.25) is 0 Å². The summed E-state index contributed by atoms with van der Waals surface area (Å²) in [5.74, 6) is -8.58. The maximum atomic E-state index is 14.4. The fourth-order valence-corrected chi connectivity index (χ4v) is 13.1. The molecule has 6 heterocycles. The number of ether oxygens (including phenoxy) is 8. The Morgan fingerprint density at radius 2 is 0.833 bits per heavy atom. The third-order valence-electron chi connectivity index (χ3n) is 19.7. The van der Waals surface area contributed by atoms with Gasteiger partial charge in [-0.05, 0) is 199 Å². The van der Waals surface area contributed by atoms with Gasteiger partial charge >= 0.3 is 55.5 Å². The van der Waals surface area contributed by atoms with Gasteiger partial charge in [0.05, 0.1) is 70.1 Å². The fraction of sp³-hybridized carbons (Fsp3) is 0.375. The Morgan fingerprint density at radius 1 is 0.465 bits per heavy atom. The molecular formula is C96H105F15LiN11O21. The van der Waals surface area contributed by atoms with E-state index in [0.29, 0.717) is 23.8 Å². The fourth-order valence-electron chi connectivity index (χ4n) is 13.1. The van der Waals surface area contributed by atoms with E-state index < -0.39 is 153 Å². The van der Waals surface area contributed by atoms with Crippen molar-refractivity contribution < 1.29 is 186 Å². The van der Waals surface area contributed by atoms with Crippen LogP contribution in [0.1, 0.15) is 203 Å². The molecule has 0 bridgehead atoms. The summed E-state index contributed by atoms with van der Waals surface area (Å²) in [7, 11) is 3.86. The Hall–Kier alpha value is -13.2. The molecular weight excluding hydrogens is 1940 g/mol. The van der Waals surface area contributed by atoms with Crippen molar-refractivity contribution in [3.05, 3.63) is 236 Å². The number of pyridine rings is 2. The van der Waals surface area contributed by atoms with E-state index >= 15 is 0 Å². The molecule has 1 aliphatic heterocycles. The second-order valence-electron chi connectivity index (χ2n) is 35.0. The molecule has 13 N–H and O–H groups in total. The number of hydrogen-bond acceptors (Lipinski definition) is 27. The summed E-state index contributed by atoms with van der Waals surface area (Å²) in [6.45, 7) is 22.1. The zero-order valence-electron chi connectivity index (χ0n) is 80.7. The van der Waals surface area contributed by atoms with E-state index in [0.717, 1.165) is 61.2 Å². The first-order valence-corrected chi connectivity index (χ1v) is 42.9. The number of alkyl carbamates (subject to hydrolysis) is 2. The molecule has 0 aliphatic carbocycles. The Kier molecular flexibility index (Phi) is 42.2. The average Bonchev–Trinajstić information content (AvgIpc) is 1.55. The number of hydrogen-bond donors (Lipinski definition) is 10. The number of aromatic nitrogens is 5. The Labute approximate surface area is 825 Å². The molecule has 32 nitrogen and oxygen atoms in total. The molecule has 1 unspecified atom stereocenters. The number of methoxy groups -OCH3 is 3. The Balaban J connectivity index is 0.000000302. The van der Waals surface area contributed by atoms with Crippen molar-refractivity contribution in [3.63, 3.8) is 0 Å². The van der Waals surface area contributed by atoms with E-state index in [4.69, 9.17) is 73.1 Å². The van der Waals surface area contributed by atoms with Gasteiger partial charge in [-0.25, -0.2) is 65.6 Å². The first-order chi connectivity index (χ1) is 66.3. The molecule has 5 aromatic heterocycles. The number of nitrogens with zero attached hydrogens (tertiary/aromatic N) is 5. The van der Waals surface area contributed by atoms with E-state index in [1.807, 2.05) is 0 Å². The van der Waals surface area contributed by atoms with Gasteiger partial charge in [0.15, 0.2) is 34.4 Å². The average molecular weight is 2040 g/mol. The topological polar surface area (TPSA) is 474 Å². The molecule has 7 aromatic carbocycles. The van der Waals surface area contributed by atoms with Crippen LogP contribution in [-0.4, -0.2) is 157 Å². The minimum atomic E-state index is -4.70. The first-order valence-electron chi connectivity index (χ1n) is 42.9. The first kappa shape index (κ1) is 119. The van der Waals surface area contributed by atoms with Crippen molar-refractivity contribution in [2.75, 3.05) is 47.8 Å². The molecule has 48 heteroatoms. The second kappa shape index (κ2) is 50.8. The van der Waals surface area contributed by atoms with Gasteiger partial charge in [-0.2, -0.15) is 39.5 Å². The molecule has 4 atom stereocenters. The summed E-state index contributed by atoms with van der Waals surface area (Å²) in [6.07, 6.45) is -12.7. The van der Waals surface area contributed by atoms with E-state index in [9.17, 15) is 100 Å². The van der Waals surface area contributed by atoms with Gasteiger partial charge in [0.2, 0.25) is 17.7 Å². The van der Waals surface area contributed by atoms with Gasteiger partial charge in [0.25, 0.3) is 11.8 Å². The summed E-state index contributed by atoms with van der Waals surface area (Å²) in [4.78, 5) is 84.2. The molecule has 1 fully saturated rings. The number of carbonyl (C=O) groups excluding carboxylic acids is 4. The molecule has 1 saturated heterocycles. The van der Waals surface area contributed by atoms with Gasteiger partial charge in [0, 0.05) is 94.0 Å². The van der Waals surface area contributed by atoms with E-state index in [2.05, 4.69) is 53.1 Å². The molecule has 1 aliphatic rings. The van der Waals surface area contributed by atoms with Crippen molar-refractivity contribution in [1.82, 2.24) is 46.2 Å². The monoisotopic (exact) mass is 2040 g/mol. The van der Waals surface area contributed by atoms with Crippen LogP contribution < -0.4 is 65.8 Å². The van der Waals surface area contributed by atoms with Crippen LogP contribution in [0.15, 0.2) is 147 Å². The number of carboxylic acid groups (broad SMARTS) is 1. The van der Waals surface area contributed by atoms with E-state index in [-0.39, 0.29) is 181 Å². The molecule has 0 spiro atoms. The minimum Gasteiger partial charge on any atom is -0.870 e. The van der Waals surface area contributed by atoms with Crippen molar-refractivity contribution in [3.8, 4) is 51.6 Å². The zero-order valence-corrected chi connectivity index (χ0v) is 80.7. The number of fused-ring (bicyclic) bond motifs is 3. The summed E-state index contributed by atoms with van der Waals surface area (Å²) in [6, 6.07) is 21.1. The van der Waals surface area contributed by atoms with Crippen LogP contribution in [0.25, 0.3) is 66.9 Å². The normalized spacial score (nSPS) is 13.3. The number of aliphatic hydroxyl groups is 1. The van der Waals surface area contributed by atoms with Gasteiger partial charge in [-0.1, -0.05) is 24.3 Å². The standard InChI is InChI=1S/C34H36F5N3O6.C26H30F3N3O7.C24H19F5N4O4.C7H7F2N.C5H10O.Li.H2O2.H2O/c1-32(2,3)46-17-25(41-31(44)48-33(4,5)6)28-27(29(43)40-16-18-8-10-20(35)15-24(18)36)42-30(47-28)22-12-13-26(45-7)23-14-19(34(37,38)39)9-11-21(22)23;1-24(2,3)37-12-15(30-23(35)39-25(4,5)6)20-19(22(33)34)32-21(38-20)14-8-10-16(36-7)18-13(14)9-11-17(31-18)26(27,28)29;1-36-17-6-4-14(13-5-7-18(24(27,28)29)32-19(13)17)23-33-20(21(37-23)16(30)10-34)22(35)31-9-11-2-3-12(25)8-15(11)26;8-6-2-1-5(4-10)7(9)3-6;1-5-3-2-4-6-5;;1-2;/h8-15,25H,16-17H2,1-7H3,(H,40,43)(H,41,44);8-11,15H,12H2,1-7H3,(H,30,35)(H,33,34);2-8,16,34H,9-10,30H2,1H3,(H,31,35);1-3H,4,10H2;5H,2-4H2,1H3;;1-2H;1H2/q;;;;;+1;;/p-1/t25-;15-;16-;;;;;/m000...../s1. The number of carbonyl (C=O) groups is 5. The predicted octanol–water partition coefficient (Wildman–Crippen LogP) is 17.7. The number of nitrogens with one attached hydrogen (secondary N) is 4. The number of rotatable bonds is 24. The van der Waals surface area contributed by atoms with Gasteiger partial charge < -0.3 is 99.6 Å². The number of halogens is 15. The molecule has 0 saturated carbocycles. The third kappa shape index (κ3) is 33.4. The number of oxazole rings is 3. The van der Waals surface area contributed by atoms with Crippen molar-refractivity contribution in [2.24, 2.45) is 11.5 Å². The van der Waals surface area contributed by atoms with E-state index in [1.165, 1.54) is 101 Å². The van der Waals surface area contributed by atoms with Crippen molar-refractivity contribution in [1.29, 1.82) is 0 Å². The zero-order chi connectivity index (χ0) is 106. The largest absolute Gasteiger partial charge is 1.00 e. The maximum Gasteiger partial charge on any atom is 1.00 e. The predicted molar refractivity (Wildman–Crippen MR) is 486 cm³/mol. The number of nitrogens with two attached hydrogens (primary N) is 2. The van der Waals surface area contributed by atoms with Crippen LogP contribution in [0.5, 0.6) is 17.2 Å². The molecule has 776 valence electrons. The van der Waals surface area contributed by atoms with Gasteiger partial charge in [-0.15, -0.1) is 0 Å². The van der Waals surface area contributed by atoms with Crippen LogP contribution in [-0.2, 0) is 61.8 Å². The van der Waals surface area contributed by atoms with E-state index in [1.54, 1.807) is 83.1 Å². The van der Waals surface area contributed by atoms with Crippen LogP contribution in [0, 0.1) is 34.9 Å². The Morgan fingerprint density at radius 3 is 1.17 bits per heavy atom. The number of amides is 4. The molecule has 13 rings (SSSR count). The molecule has 0 radical (unpaired) electrons. The van der Waals surface area contributed by atoms with Crippen LogP contribution >= 0.6 is 0 Å². The number of aliphatic hydroxyl groups excluding tert-OH is 1. The number of alkyl halides is 9. The Bertz CT molecular complexity index is 6410. The molecule has 12 aromatic rings.